The standard InChI is InChI=1S/2C3H9Ge.CH5P/c2*1-4(2)3;1-2/h2*1-3H3;2H2,1H3. The van der Waals surface area contributed by atoms with E-state index in [0.29, 0.717) is 0 Å². The van der Waals surface area contributed by atoms with Crippen LogP contribution in [0.1, 0.15) is 0 Å². The van der Waals surface area contributed by atoms with Crippen molar-refractivity contribution in [2.24, 2.45) is 0 Å². The van der Waals surface area contributed by atoms with E-state index in [4.69, 9.17) is 0 Å². The van der Waals surface area contributed by atoms with Crippen LogP contribution in [0.25, 0.3) is 0 Å². The van der Waals surface area contributed by atoms with Gasteiger partial charge in [-0.2, -0.15) is 0 Å². The first-order valence-electron chi connectivity index (χ1n) is 3.58. The van der Waals surface area contributed by atoms with Crippen molar-refractivity contribution < 1.29 is 0 Å². The first-order valence-corrected chi connectivity index (χ1v) is 17.3. The van der Waals surface area contributed by atoms with Crippen molar-refractivity contribution in [2.45, 2.75) is 34.5 Å². The molecule has 0 heterocycles. The second-order valence-electron chi connectivity index (χ2n) is 3.00. The van der Waals surface area contributed by atoms with Crippen molar-refractivity contribution in [3.8, 4) is 0 Å². The molecule has 0 aromatic heterocycles. The molecule has 0 saturated carbocycles. The van der Waals surface area contributed by atoms with Crippen LogP contribution in [0.5, 0.6) is 0 Å². The molecule has 0 fully saturated rings. The zero-order valence-electron chi connectivity index (χ0n) is 8.58. The van der Waals surface area contributed by atoms with E-state index in [1.165, 1.54) is 0 Å². The van der Waals surface area contributed by atoms with Gasteiger partial charge in [0.05, 0.1) is 0 Å². The Balaban J connectivity index is -0.0000000787. The zero-order chi connectivity index (χ0) is 9.15. The van der Waals surface area contributed by atoms with Crippen molar-refractivity contribution in [2.75, 3.05) is 6.66 Å². The Morgan fingerprint density at radius 3 is 0.600 bits per heavy atom. The molecule has 0 aromatic carbocycles. The van der Waals surface area contributed by atoms with Gasteiger partial charge in [-0.1, -0.05) is 6.66 Å². The van der Waals surface area contributed by atoms with E-state index in [-0.39, 0.29) is 28.7 Å². The third kappa shape index (κ3) is 300. The van der Waals surface area contributed by atoms with Gasteiger partial charge in [0, 0.05) is 0 Å². The Bertz CT molecular complexity index is 27.1. The van der Waals surface area contributed by atoms with Crippen molar-refractivity contribution in [3.05, 3.63) is 0 Å². The molecule has 0 nitrogen and oxygen atoms in total. The van der Waals surface area contributed by atoms with E-state index in [0.717, 1.165) is 0 Å². The van der Waals surface area contributed by atoms with Gasteiger partial charge in [-0.05, 0) is 0 Å². The Hall–Kier alpha value is 1.52. The predicted octanol–water partition coefficient (Wildman–Crippen LogP) is 3.23. The van der Waals surface area contributed by atoms with Gasteiger partial charge < -0.3 is 0 Å². The normalized spacial score (nSPS) is 7.80. The van der Waals surface area contributed by atoms with E-state index >= 15 is 0 Å². The molecule has 1 unspecified atom stereocenters. The molecule has 3 heteroatoms. The van der Waals surface area contributed by atoms with Gasteiger partial charge >= 0.3 is 63.2 Å². The molecule has 0 aromatic rings. The summed E-state index contributed by atoms with van der Waals surface area (Å²) in [6, 6.07) is 0. The Kier molecular flexibility index (Phi) is 29.6. The van der Waals surface area contributed by atoms with Crippen LogP contribution in [0.3, 0.4) is 0 Å². The first-order chi connectivity index (χ1) is 4.46. The Morgan fingerprint density at radius 1 is 0.600 bits per heavy atom. The van der Waals surface area contributed by atoms with E-state index in [2.05, 4.69) is 43.8 Å². The van der Waals surface area contributed by atoms with E-state index in [9.17, 15) is 0 Å². The van der Waals surface area contributed by atoms with Gasteiger partial charge in [-0.3, -0.25) is 0 Å². The van der Waals surface area contributed by atoms with Crippen molar-refractivity contribution in [3.63, 3.8) is 0 Å². The average molecular weight is 283 g/mol. The molecule has 0 bridgehead atoms. The molecule has 64 valence electrons. The van der Waals surface area contributed by atoms with Gasteiger partial charge in [0.15, 0.2) is 0 Å². The monoisotopic (exact) mass is 286 g/mol. The van der Waals surface area contributed by atoms with Crippen LogP contribution in [0.4, 0.5) is 0 Å². The maximum atomic E-state index is 2.42. The quantitative estimate of drug-likeness (QED) is 0.473. The summed E-state index contributed by atoms with van der Waals surface area (Å²) in [6.45, 7) is 1.92. The SMILES string of the molecule is CP.[CH3][Ge]([CH3])[CH3].[CH3][Ge]([CH3])[CH3]. The molecule has 0 rings (SSSR count). The number of rotatable bonds is 0. The van der Waals surface area contributed by atoms with Crippen LogP contribution in [-0.2, 0) is 0 Å². The Labute approximate surface area is 79.0 Å². The summed E-state index contributed by atoms with van der Waals surface area (Å²) < 4.78 is 0. The molecular weight excluding hydrogens is 260 g/mol. The maximum absolute atomic E-state index is 2.42. The van der Waals surface area contributed by atoms with Crippen LogP contribution < -0.4 is 0 Å². The minimum absolute atomic E-state index is 0.333. The third-order valence-electron chi connectivity index (χ3n) is 0. The van der Waals surface area contributed by atoms with E-state index < -0.39 is 0 Å². The third-order valence-corrected chi connectivity index (χ3v) is 0. The molecular formula is C7H23Ge2P. The molecule has 0 amide bonds. The van der Waals surface area contributed by atoms with Crippen molar-refractivity contribution in [1.82, 2.24) is 0 Å². The van der Waals surface area contributed by atoms with E-state index in [1.54, 1.807) is 0 Å². The molecule has 0 N–H and O–H groups in total. The van der Waals surface area contributed by atoms with Crippen LogP contribution in [-0.4, -0.2) is 35.4 Å². The van der Waals surface area contributed by atoms with Crippen LogP contribution in [0.15, 0.2) is 0 Å². The topological polar surface area (TPSA) is 0 Å². The molecule has 0 saturated heterocycles. The fourth-order valence-electron chi connectivity index (χ4n) is 0. The summed E-state index contributed by atoms with van der Waals surface area (Å²) in [5.74, 6) is 14.0. The van der Waals surface area contributed by atoms with Crippen LogP contribution >= 0.6 is 9.24 Å². The summed E-state index contributed by atoms with van der Waals surface area (Å²) in [5.41, 5.74) is 0. The second kappa shape index (κ2) is 16.9. The summed E-state index contributed by atoms with van der Waals surface area (Å²) in [5, 5.41) is 0. The van der Waals surface area contributed by atoms with E-state index in [1.807, 2.05) is 6.66 Å². The second-order valence-corrected chi connectivity index (χ2v) is 15.6. The zero-order valence-corrected chi connectivity index (χ0v) is 13.9. The summed E-state index contributed by atoms with van der Waals surface area (Å²) in [4.78, 5) is 0. The van der Waals surface area contributed by atoms with Crippen molar-refractivity contribution in [1.29, 1.82) is 0 Å². The molecule has 2 radical (unpaired) electrons. The number of hydrogen-bond acceptors (Lipinski definition) is 0. The summed E-state index contributed by atoms with van der Waals surface area (Å²) in [6.07, 6.45) is 0. The number of hydrogen-bond donors (Lipinski definition) is 0. The molecule has 0 aliphatic heterocycles. The molecule has 0 spiro atoms. The first kappa shape index (κ1) is 17.6. The fourth-order valence-corrected chi connectivity index (χ4v) is 0. The van der Waals surface area contributed by atoms with Crippen molar-refractivity contribution >= 4 is 37.9 Å². The van der Waals surface area contributed by atoms with Crippen LogP contribution in [0, 0.1) is 0 Å². The molecule has 1 atom stereocenters. The van der Waals surface area contributed by atoms with Gasteiger partial charge in [0.1, 0.15) is 0 Å². The van der Waals surface area contributed by atoms with Crippen LogP contribution in [0.2, 0.25) is 34.5 Å². The van der Waals surface area contributed by atoms with Gasteiger partial charge in [-0.15, -0.1) is 9.24 Å². The molecule has 0 aliphatic carbocycles. The Morgan fingerprint density at radius 2 is 0.600 bits per heavy atom. The van der Waals surface area contributed by atoms with Gasteiger partial charge in [0.25, 0.3) is 0 Å². The van der Waals surface area contributed by atoms with Gasteiger partial charge in [0.2, 0.25) is 0 Å². The minimum atomic E-state index is -0.333. The van der Waals surface area contributed by atoms with Gasteiger partial charge in [-0.25, -0.2) is 0 Å². The average Bonchev–Trinajstić information content (AvgIpc) is 1.66. The fraction of sp³-hybridized carbons (Fsp3) is 1.00. The summed E-state index contributed by atoms with van der Waals surface area (Å²) in [7, 11) is 2.42. The summed E-state index contributed by atoms with van der Waals surface area (Å²) >= 11 is -0.667. The molecule has 0 aliphatic rings. The molecule has 10 heavy (non-hydrogen) atoms. The predicted molar refractivity (Wildman–Crippen MR) is 62.3 cm³/mol.